The van der Waals surface area contributed by atoms with Crippen molar-refractivity contribution in [3.8, 4) is 12.3 Å². The van der Waals surface area contributed by atoms with Crippen LogP contribution in [0.5, 0.6) is 0 Å². The highest BCUT2D eigenvalue weighted by Gasteiger charge is 2.05. The highest BCUT2D eigenvalue weighted by Crippen LogP contribution is 2.10. The van der Waals surface area contributed by atoms with Crippen molar-refractivity contribution in [3.63, 3.8) is 0 Å². The van der Waals surface area contributed by atoms with Crippen molar-refractivity contribution in [1.82, 2.24) is 5.32 Å². The van der Waals surface area contributed by atoms with Crippen LogP contribution in [0.4, 0.5) is 5.69 Å². The molecule has 0 saturated carbocycles. The molecule has 0 saturated heterocycles. The van der Waals surface area contributed by atoms with Crippen molar-refractivity contribution in [2.24, 2.45) is 0 Å². The van der Waals surface area contributed by atoms with Crippen molar-refractivity contribution in [2.75, 3.05) is 25.5 Å². The Hall–Kier alpha value is -2.32. The maximum absolute atomic E-state index is 11.4. The van der Waals surface area contributed by atoms with Crippen molar-refractivity contribution >= 4 is 17.6 Å². The first kappa shape index (κ1) is 13.7. The molecule has 1 aromatic rings. The summed E-state index contributed by atoms with van der Waals surface area (Å²) in [7, 11) is 1.31. The van der Waals surface area contributed by atoms with Gasteiger partial charge >= 0.3 is 5.97 Å². The van der Waals surface area contributed by atoms with Crippen molar-refractivity contribution in [2.45, 2.75) is 0 Å². The Morgan fingerprint density at radius 1 is 1.33 bits per heavy atom. The first-order valence-corrected chi connectivity index (χ1v) is 5.29. The van der Waals surface area contributed by atoms with Crippen LogP contribution < -0.4 is 10.6 Å². The Labute approximate surface area is 106 Å². The summed E-state index contributed by atoms with van der Waals surface area (Å²) in [5.74, 6) is 1.76. The first-order chi connectivity index (χ1) is 8.67. The molecule has 0 aromatic heterocycles. The van der Waals surface area contributed by atoms with Gasteiger partial charge in [-0.05, 0) is 24.3 Å². The van der Waals surface area contributed by atoms with Crippen LogP contribution in [0.2, 0.25) is 0 Å². The molecule has 0 aliphatic heterocycles. The van der Waals surface area contributed by atoms with E-state index in [1.165, 1.54) is 7.11 Å². The second-order valence-corrected chi connectivity index (χ2v) is 3.42. The van der Waals surface area contributed by atoms with Crippen molar-refractivity contribution in [3.05, 3.63) is 29.8 Å². The van der Waals surface area contributed by atoms with Crippen LogP contribution in [0.1, 0.15) is 10.4 Å². The van der Waals surface area contributed by atoms with Crippen LogP contribution in [-0.2, 0) is 9.53 Å². The number of amides is 1. The fourth-order valence-electron chi connectivity index (χ4n) is 1.26. The van der Waals surface area contributed by atoms with Crippen molar-refractivity contribution < 1.29 is 14.3 Å². The predicted molar refractivity (Wildman–Crippen MR) is 68.1 cm³/mol. The van der Waals surface area contributed by atoms with Gasteiger partial charge in [0.25, 0.3) is 0 Å². The molecule has 0 bridgehead atoms. The Morgan fingerprint density at radius 3 is 2.56 bits per heavy atom. The van der Waals surface area contributed by atoms with Crippen LogP contribution in [0, 0.1) is 12.3 Å². The molecule has 0 fully saturated rings. The number of terminal acetylenes is 1. The van der Waals surface area contributed by atoms with Gasteiger partial charge in [-0.3, -0.25) is 10.1 Å². The highest BCUT2D eigenvalue weighted by molar-refractivity contribution is 5.93. The normalized spacial score (nSPS) is 9.33. The van der Waals surface area contributed by atoms with E-state index in [4.69, 9.17) is 6.42 Å². The van der Waals surface area contributed by atoms with E-state index in [1.807, 2.05) is 0 Å². The lowest BCUT2D eigenvalue weighted by Crippen LogP contribution is -2.28. The molecule has 1 amide bonds. The molecule has 2 N–H and O–H groups in total. The smallest absolute Gasteiger partial charge is 0.337 e. The van der Waals surface area contributed by atoms with Crippen LogP contribution in [0.3, 0.4) is 0 Å². The third kappa shape index (κ3) is 4.28. The average Bonchev–Trinajstić information content (AvgIpc) is 2.39. The molecule has 0 unspecified atom stereocenters. The summed E-state index contributed by atoms with van der Waals surface area (Å²) in [6, 6.07) is 6.42. The van der Waals surface area contributed by atoms with Gasteiger partial charge in [-0.15, -0.1) is 6.42 Å². The number of esters is 1. The monoisotopic (exact) mass is 246 g/mol. The number of hydrogen-bond donors (Lipinski definition) is 2. The molecule has 18 heavy (non-hydrogen) atoms. The van der Waals surface area contributed by atoms with Gasteiger partial charge in [-0.1, -0.05) is 5.92 Å². The molecule has 0 radical (unpaired) electrons. The number of ether oxygens (including phenoxy) is 1. The molecular weight excluding hydrogens is 232 g/mol. The standard InChI is InChI=1S/C13H14N2O3/c1-3-8-14-9-12(16)15-11-6-4-10(5-7-11)13(17)18-2/h1,4-7,14H,8-9H2,2H3,(H,15,16). The maximum Gasteiger partial charge on any atom is 0.337 e. The number of carbonyl (C=O) groups excluding carboxylic acids is 2. The van der Waals surface area contributed by atoms with E-state index in [1.54, 1.807) is 24.3 Å². The maximum atomic E-state index is 11.4. The summed E-state index contributed by atoms with van der Waals surface area (Å²) in [4.78, 5) is 22.6. The summed E-state index contributed by atoms with van der Waals surface area (Å²) in [5.41, 5.74) is 1.04. The second-order valence-electron chi connectivity index (χ2n) is 3.42. The fourth-order valence-corrected chi connectivity index (χ4v) is 1.26. The van der Waals surface area contributed by atoms with Gasteiger partial charge in [0.05, 0.1) is 25.8 Å². The Kier molecular flexibility index (Phi) is 5.42. The number of nitrogens with one attached hydrogen (secondary N) is 2. The van der Waals surface area contributed by atoms with E-state index in [2.05, 4.69) is 21.3 Å². The lowest BCUT2D eigenvalue weighted by atomic mass is 10.2. The van der Waals surface area contributed by atoms with E-state index in [9.17, 15) is 9.59 Å². The summed E-state index contributed by atoms with van der Waals surface area (Å²) in [6.07, 6.45) is 5.04. The van der Waals surface area contributed by atoms with Crippen LogP contribution in [0.15, 0.2) is 24.3 Å². The topological polar surface area (TPSA) is 67.4 Å². The third-order valence-corrected chi connectivity index (χ3v) is 2.10. The first-order valence-electron chi connectivity index (χ1n) is 5.29. The highest BCUT2D eigenvalue weighted by atomic mass is 16.5. The van der Waals surface area contributed by atoms with Gasteiger partial charge in [0, 0.05) is 5.69 Å². The van der Waals surface area contributed by atoms with Crippen LogP contribution in [0.25, 0.3) is 0 Å². The van der Waals surface area contributed by atoms with Crippen LogP contribution in [-0.4, -0.2) is 32.1 Å². The Balaban J connectivity index is 2.51. The van der Waals surface area contributed by atoms with Crippen LogP contribution >= 0.6 is 0 Å². The molecule has 1 rings (SSSR count). The fraction of sp³-hybridized carbons (Fsp3) is 0.231. The lowest BCUT2D eigenvalue weighted by molar-refractivity contribution is -0.115. The summed E-state index contributed by atoms with van der Waals surface area (Å²) in [5, 5.41) is 5.43. The van der Waals surface area contributed by atoms with Gasteiger partial charge < -0.3 is 10.1 Å². The van der Waals surface area contributed by atoms with E-state index < -0.39 is 5.97 Å². The Morgan fingerprint density at radius 2 is 2.00 bits per heavy atom. The van der Waals surface area contributed by atoms with Gasteiger partial charge in [-0.25, -0.2) is 4.79 Å². The third-order valence-electron chi connectivity index (χ3n) is 2.10. The molecule has 5 nitrogen and oxygen atoms in total. The van der Waals surface area contributed by atoms with Gasteiger partial charge in [0.2, 0.25) is 5.91 Å². The van der Waals surface area contributed by atoms with E-state index in [-0.39, 0.29) is 12.5 Å². The second kappa shape index (κ2) is 7.09. The quantitative estimate of drug-likeness (QED) is 0.454. The minimum atomic E-state index is -0.413. The molecular formula is C13H14N2O3. The number of methoxy groups -OCH3 is 1. The zero-order valence-electron chi connectivity index (χ0n) is 10.0. The molecule has 0 heterocycles. The number of carbonyl (C=O) groups is 2. The molecule has 0 aliphatic rings. The number of rotatable bonds is 5. The summed E-state index contributed by atoms with van der Waals surface area (Å²) < 4.78 is 4.57. The summed E-state index contributed by atoms with van der Waals surface area (Å²) in [6.45, 7) is 0.484. The molecule has 5 heteroatoms. The average molecular weight is 246 g/mol. The van der Waals surface area contributed by atoms with Gasteiger partial charge in [0.1, 0.15) is 0 Å². The molecule has 0 aliphatic carbocycles. The number of anilines is 1. The van der Waals surface area contributed by atoms with E-state index in [0.717, 1.165) is 0 Å². The molecule has 0 spiro atoms. The van der Waals surface area contributed by atoms with Crippen molar-refractivity contribution in [1.29, 1.82) is 0 Å². The zero-order valence-corrected chi connectivity index (χ0v) is 10.0. The molecule has 1 aromatic carbocycles. The molecule has 94 valence electrons. The van der Waals surface area contributed by atoms with Gasteiger partial charge in [0.15, 0.2) is 0 Å². The summed E-state index contributed by atoms with van der Waals surface area (Å²) >= 11 is 0. The molecule has 0 atom stereocenters. The van der Waals surface area contributed by atoms with E-state index in [0.29, 0.717) is 17.8 Å². The Bertz CT molecular complexity index is 460. The minimum absolute atomic E-state index is 0.142. The van der Waals surface area contributed by atoms with Gasteiger partial charge in [-0.2, -0.15) is 0 Å². The zero-order chi connectivity index (χ0) is 13.4. The minimum Gasteiger partial charge on any atom is -0.465 e. The lowest BCUT2D eigenvalue weighted by Gasteiger charge is -2.06. The predicted octanol–water partition coefficient (Wildman–Crippen LogP) is 0.634. The van der Waals surface area contributed by atoms with E-state index >= 15 is 0 Å². The number of hydrogen-bond acceptors (Lipinski definition) is 4. The number of benzene rings is 1. The largest absolute Gasteiger partial charge is 0.465 e. The SMILES string of the molecule is C#CCNCC(=O)Nc1ccc(C(=O)OC)cc1.